The molecule has 0 aromatic heterocycles. The summed E-state index contributed by atoms with van der Waals surface area (Å²) in [4.78, 5) is 10.8. The van der Waals surface area contributed by atoms with E-state index in [1.807, 2.05) is 0 Å². The second-order valence-electron chi connectivity index (χ2n) is 2.25. The van der Waals surface area contributed by atoms with Crippen LogP contribution in [0.25, 0.3) is 0 Å². The number of nitrogens with one attached hydrogen (secondary N) is 1. The molecule has 0 saturated carbocycles. The van der Waals surface area contributed by atoms with Crippen LogP contribution in [0.3, 0.4) is 0 Å². The second-order valence-corrected chi connectivity index (χ2v) is 2.25. The van der Waals surface area contributed by atoms with Gasteiger partial charge in [0.2, 0.25) is 0 Å². The Bertz CT molecular complexity index is 222. The van der Waals surface area contributed by atoms with Gasteiger partial charge in [0.25, 0.3) is 5.91 Å². The third kappa shape index (κ3) is 5.51. The summed E-state index contributed by atoms with van der Waals surface area (Å²) < 4.78 is 0. The van der Waals surface area contributed by atoms with E-state index in [9.17, 15) is 4.79 Å². The lowest BCUT2D eigenvalue weighted by atomic mass is 10.3. The molecule has 0 radical (unpaired) electrons. The maximum atomic E-state index is 10.8. The Morgan fingerprint density at radius 2 is 2.42 bits per heavy atom. The number of rotatable bonds is 3. The number of carbonyl (C=O) groups is 1. The SMILES string of the molecule is CC#CC(=O)NC(C)/C=C/CO. The predicted molar refractivity (Wildman–Crippen MR) is 47.3 cm³/mol. The van der Waals surface area contributed by atoms with E-state index in [-0.39, 0.29) is 18.6 Å². The molecule has 1 atom stereocenters. The maximum Gasteiger partial charge on any atom is 0.296 e. The van der Waals surface area contributed by atoms with E-state index in [0.717, 1.165) is 0 Å². The van der Waals surface area contributed by atoms with Gasteiger partial charge < -0.3 is 10.4 Å². The summed E-state index contributed by atoms with van der Waals surface area (Å²) in [5, 5.41) is 11.0. The normalized spacial score (nSPS) is 11.9. The summed E-state index contributed by atoms with van der Waals surface area (Å²) in [6, 6.07) is -0.0921. The average molecular weight is 167 g/mol. The number of aliphatic hydroxyl groups excluding tert-OH is 1. The largest absolute Gasteiger partial charge is 0.392 e. The molecule has 0 aliphatic carbocycles. The highest BCUT2D eigenvalue weighted by Crippen LogP contribution is 1.83. The van der Waals surface area contributed by atoms with Crippen LogP contribution in [0.2, 0.25) is 0 Å². The van der Waals surface area contributed by atoms with Gasteiger partial charge in [-0.05, 0) is 19.8 Å². The van der Waals surface area contributed by atoms with Gasteiger partial charge in [-0.15, -0.1) is 0 Å². The number of aliphatic hydroxyl groups is 1. The number of amides is 1. The molecule has 0 saturated heterocycles. The molecule has 1 amide bonds. The highest BCUT2D eigenvalue weighted by molar-refractivity contribution is 5.93. The van der Waals surface area contributed by atoms with Crippen molar-refractivity contribution >= 4 is 5.91 Å². The Hall–Kier alpha value is -1.27. The Morgan fingerprint density at radius 3 is 2.92 bits per heavy atom. The van der Waals surface area contributed by atoms with Crippen molar-refractivity contribution in [3.63, 3.8) is 0 Å². The lowest BCUT2D eigenvalue weighted by Gasteiger charge is -2.04. The topological polar surface area (TPSA) is 49.3 Å². The highest BCUT2D eigenvalue weighted by atomic mass is 16.2. The Morgan fingerprint density at radius 1 is 1.75 bits per heavy atom. The molecule has 66 valence electrons. The molecular formula is C9H13NO2. The van der Waals surface area contributed by atoms with E-state index in [2.05, 4.69) is 17.2 Å². The summed E-state index contributed by atoms with van der Waals surface area (Å²) in [5.74, 6) is 4.55. The van der Waals surface area contributed by atoms with Crippen LogP contribution in [0, 0.1) is 11.8 Å². The van der Waals surface area contributed by atoms with Crippen molar-refractivity contribution in [1.82, 2.24) is 5.32 Å². The molecule has 0 aliphatic rings. The van der Waals surface area contributed by atoms with Crippen molar-refractivity contribution in [3.8, 4) is 11.8 Å². The number of hydrogen-bond donors (Lipinski definition) is 2. The minimum absolute atomic E-state index is 0.0142. The van der Waals surface area contributed by atoms with Gasteiger partial charge in [-0.25, -0.2) is 0 Å². The first-order valence-electron chi connectivity index (χ1n) is 3.71. The highest BCUT2D eigenvalue weighted by Gasteiger charge is 1.98. The van der Waals surface area contributed by atoms with Crippen LogP contribution in [-0.2, 0) is 4.79 Å². The monoisotopic (exact) mass is 167 g/mol. The number of hydrogen-bond acceptors (Lipinski definition) is 2. The van der Waals surface area contributed by atoms with Crippen LogP contribution >= 0.6 is 0 Å². The van der Waals surface area contributed by atoms with Gasteiger partial charge >= 0.3 is 0 Å². The molecule has 0 aliphatic heterocycles. The molecule has 0 fully saturated rings. The quantitative estimate of drug-likeness (QED) is 0.461. The zero-order chi connectivity index (χ0) is 9.40. The molecule has 2 N–H and O–H groups in total. The Kier molecular flexibility index (Phi) is 5.76. The maximum absolute atomic E-state index is 10.8. The van der Waals surface area contributed by atoms with E-state index >= 15 is 0 Å². The van der Waals surface area contributed by atoms with Gasteiger partial charge in [0.05, 0.1) is 6.61 Å². The molecule has 1 unspecified atom stereocenters. The predicted octanol–water partition coefficient (Wildman–Crippen LogP) is 0.0629. The van der Waals surface area contributed by atoms with E-state index in [0.29, 0.717) is 0 Å². The van der Waals surface area contributed by atoms with Crippen LogP contribution in [0.4, 0.5) is 0 Å². The summed E-state index contributed by atoms with van der Waals surface area (Å²) in [6.07, 6.45) is 3.28. The van der Waals surface area contributed by atoms with E-state index in [1.165, 1.54) is 0 Å². The van der Waals surface area contributed by atoms with Crippen LogP contribution in [0.1, 0.15) is 13.8 Å². The van der Waals surface area contributed by atoms with Crippen LogP contribution in [0.5, 0.6) is 0 Å². The fraction of sp³-hybridized carbons (Fsp3) is 0.444. The van der Waals surface area contributed by atoms with Crippen LogP contribution < -0.4 is 5.32 Å². The van der Waals surface area contributed by atoms with E-state index in [4.69, 9.17) is 5.11 Å². The molecule has 3 nitrogen and oxygen atoms in total. The molecule has 0 rings (SSSR count). The second kappa shape index (κ2) is 6.44. The molecule has 12 heavy (non-hydrogen) atoms. The standard InChI is InChI=1S/C9H13NO2/c1-3-5-9(12)10-8(2)6-4-7-11/h4,6,8,11H,7H2,1-2H3,(H,10,12)/b6-4+. The first-order valence-corrected chi connectivity index (χ1v) is 3.71. The van der Waals surface area contributed by atoms with Crippen molar-refractivity contribution < 1.29 is 9.90 Å². The molecule has 3 heteroatoms. The first-order chi connectivity index (χ1) is 5.70. The van der Waals surface area contributed by atoms with Crippen LogP contribution in [0.15, 0.2) is 12.2 Å². The zero-order valence-corrected chi connectivity index (χ0v) is 7.29. The van der Waals surface area contributed by atoms with Crippen molar-refractivity contribution in [1.29, 1.82) is 0 Å². The van der Waals surface area contributed by atoms with Gasteiger partial charge in [0, 0.05) is 6.04 Å². The Labute approximate surface area is 72.5 Å². The van der Waals surface area contributed by atoms with Gasteiger partial charge in [-0.3, -0.25) is 4.79 Å². The molecular weight excluding hydrogens is 154 g/mol. The van der Waals surface area contributed by atoms with Crippen LogP contribution in [-0.4, -0.2) is 23.7 Å². The third-order valence-electron chi connectivity index (χ3n) is 1.13. The first kappa shape index (κ1) is 10.7. The zero-order valence-electron chi connectivity index (χ0n) is 7.29. The smallest absolute Gasteiger partial charge is 0.296 e. The fourth-order valence-electron chi connectivity index (χ4n) is 0.669. The summed E-state index contributed by atoms with van der Waals surface area (Å²) in [5.41, 5.74) is 0. The lowest BCUT2D eigenvalue weighted by Crippen LogP contribution is -2.29. The summed E-state index contributed by atoms with van der Waals surface area (Å²) >= 11 is 0. The van der Waals surface area contributed by atoms with E-state index in [1.54, 1.807) is 26.0 Å². The molecule has 0 aromatic carbocycles. The van der Waals surface area contributed by atoms with Gasteiger partial charge in [0.15, 0.2) is 0 Å². The summed E-state index contributed by atoms with van der Waals surface area (Å²) in [6.45, 7) is 3.40. The fourth-order valence-corrected chi connectivity index (χ4v) is 0.669. The Balaban J connectivity index is 3.81. The van der Waals surface area contributed by atoms with Crippen molar-refractivity contribution in [3.05, 3.63) is 12.2 Å². The lowest BCUT2D eigenvalue weighted by molar-refractivity contribution is -0.116. The van der Waals surface area contributed by atoms with E-state index < -0.39 is 0 Å². The number of carbonyl (C=O) groups excluding carboxylic acids is 1. The minimum atomic E-state index is -0.299. The minimum Gasteiger partial charge on any atom is -0.392 e. The van der Waals surface area contributed by atoms with Gasteiger partial charge in [-0.1, -0.05) is 18.1 Å². The summed E-state index contributed by atoms with van der Waals surface area (Å²) in [7, 11) is 0. The third-order valence-corrected chi connectivity index (χ3v) is 1.13. The average Bonchev–Trinajstić information content (AvgIpc) is 2.01. The van der Waals surface area contributed by atoms with Gasteiger partial charge in [0.1, 0.15) is 0 Å². The molecule has 0 bridgehead atoms. The van der Waals surface area contributed by atoms with Crippen molar-refractivity contribution in [2.45, 2.75) is 19.9 Å². The van der Waals surface area contributed by atoms with Crippen molar-refractivity contribution in [2.24, 2.45) is 0 Å². The molecule has 0 heterocycles. The molecule has 0 aromatic rings. The van der Waals surface area contributed by atoms with Gasteiger partial charge in [-0.2, -0.15) is 0 Å². The van der Waals surface area contributed by atoms with Crippen molar-refractivity contribution in [2.75, 3.05) is 6.61 Å². The molecule has 0 spiro atoms.